The maximum absolute atomic E-state index is 4.00. The fourth-order valence-electron chi connectivity index (χ4n) is 7.01. The Kier molecular flexibility index (Phi) is 2.85. The van der Waals surface area contributed by atoms with E-state index in [0.717, 1.165) is 41.7 Å². The monoisotopic (exact) mass is 288 g/mol. The van der Waals surface area contributed by atoms with E-state index in [1.807, 2.05) is 0 Å². The van der Waals surface area contributed by atoms with Crippen molar-refractivity contribution in [2.24, 2.45) is 29.6 Å². The van der Waals surface area contributed by atoms with Gasteiger partial charge >= 0.3 is 0 Å². The molecule has 21 heavy (non-hydrogen) atoms. The molecule has 2 nitrogen and oxygen atoms in total. The predicted octanol–water partition coefficient (Wildman–Crippen LogP) is 3.27. The molecule has 4 aliphatic carbocycles. The number of hydrogen-bond acceptors (Lipinski definition) is 2. The van der Waals surface area contributed by atoms with Crippen molar-refractivity contribution < 1.29 is 0 Å². The zero-order valence-electron chi connectivity index (χ0n) is 13.9. The Balaban J connectivity index is 1.39. The first-order chi connectivity index (χ1) is 10.2. The highest BCUT2D eigenvalue weighted by atomic mass is 15.3. The number of hydrogen-bond donors (Lipinski definition) is 1. The first kappa shape index (κ1) is 13.4. The first-order valence-corrected chi connectivity index (χ1v) is 9.69. The molecular weight excluding hydrogens is 256 g/mol. The molecule has 2 bridgehead atoms. The van der Waals surface area contributed by atoms with Gasteiger partial charge in [-0.25, -0.2) is 0 Å². The Labute approximate surface area is 130 Å². The standard InChI is InChI=1S/C19H32N2/c1-12(2)15-10-20-19(7-3-4-8-19)11-21(15)18-16-13-5-6-14(9-13)17(16)18/h12-18,20H,3-11H2,1-2H3. The average molecular weight is 288 g/mol. The van der Waals surface area contributed by atoms with Crippen LogP contribution in [0.15, 0.2) is 0 Å². The Morgan fingerprint density at radius 3 is 2.33 bits per heavy atom. The minimum Gasteiger partial charge on any atom is -0.308 e. The maximum atomic E-state index is 4.00. The second-order valence-electron chi connectivity index (χ2n) is 9.33. The van der Waals surface area contributed by atoms with Crippen LogP contribution >= 0.6 is 0 Å². The minimum atomic E-state index is 0.501. The van der Waals surface area contributed by atoms with Crippen LogP contribution in [0.4, 0.5) is 0 Å². The molecule has 0 aromatic carbocycles. The van der Waals surface area contributed by atoms with Gasteiger partial charge in [0.2, 0.25) is 0 Å². The van der Waals surface area contributed by atoms with E-state index in [0.29, 0.717) is 5.54 Å². The van der Waals surface area contributed by atoms with Crippen molar-refractivity contribution in [3.8, 4) is 0 Å². The van der Waals surface area contributed by atoms with Gasteiger partial charge in [0.1, 0.15) is 0 Å². The zero-order chi connectivity index (χ0) is 14.2. The van der Waals surface area contributed by atoms with E-state index >= 15 is 0 Å². The highest BCUT2D eigenvalue weighted by molar-refractivity contribution is 5.20. The van der Waals surface area contributed by atoms with Crippen molar-refractivity contribution in [3.63, 3.8) is 0 Å². The lowest BCUT2D eigenvalue weighted by molar-refractivity contribution is 0.0370. The van der Waals surface area contributed by atoms with Gasteiger partial charge in [0.25, 0.3) is 0 Å². The lowest BCUT2D eigenvalue weighted by Gasteiger charge is -2.49. The third kappa shape index (κ3) is 1.84. The van der Waals surface area contributed by atoms with Crippen molar-refractivity contribution in [3.05, 3.63) is 0 Å². The van der Waals surface area contributed by atoms with Gasteiger partial charge in [0.15, 0.2) is 0 Å². The Hall–Kier alpha value is -0.0800. The molecule has 1 aliphatic heterocycles. The van der Waals surface area contributed by atoms with E-state index in [2.05, 4.69) is 24.1 Å². The average Bonchev–Trinajstić information content (AvgIpc) is 2.83. The van der Waals surface area contributed by atoms with Crippen molar-refractivity contribution >= 4 is 0 Å². The summed E-state index contributed by atoms with van der Waals surface area (Å²) in [4.78, 5) is 3.03. The summed E-state index contributed by atoms with van der Waals surface area (Å²) in [6, 6.07) is 1.79. The summed E-state index contributed by atoms with van der Waals surface area (Å²) in [7, 11) is 0. The molecule has 1 heterocycles. The highest BCUT2D eigenvalue weighted by Crippen LogP contribution is 2.67. The molecule has 5 unspecified atom stereocenters. The van der Waals surface area contributed by atoms with E-state index in [1.165, 1.54) is 38.8 Å². The third-order valence-corrected chi connectivity index (χ3v) is 8.01. The van der Waals surface area contributed by atoms with Crippen molar-refractivity contribution in [1.29, 1.82) is 0 Å². The molecule has 0 aromatic heterocycles. The Morgan fingerprint density at radius 1 is 1.05 bits per heavy atom. The summed E-state index contributed by atoms with van der Waals surface area (Å²) >= 11 is 0. The van der Waals surface area contributed by atoms with Crippen molar-refractivity contribution in [2.75, 3.05) is 13.1 Å². The third-order valence-electron chi connectivity index (χ3n) is 8.01. The van der Waals surface area contributed by atoms with Gasteiger partial charge in [0.05, 0.1) is 0 Å². The van der Waals surface area contributed by atoms with Gasteiger partial charge in [-0.1, -0.05) is 26.7 Å². The molecule has 0 aromatic rings. The second-order valence-corrected chi connectivity index (χ2v) is 9.33. The molecule has 4 saturated carbocycles. The molecule has 5 aliphatic rings. The maximum Gasteiger partial charge on any atom is 0.0309 e. The van der Waals surface area contributed by atoms with Gasteiger partial charge in [0, 0.05) is 30.7 Å². The van der Waals surface area contributed by atoms with Crippen LogP contribution < -0.4 is 5.32 Å². The predicted molar refractivity (Wildman–Crippen MR) is 86.1 cm³/mol. The highest BCUT2D eigenvalue weighted by Gasteiger charge is 2.68. The lowest BCUT2D eigenvalue weighted by atomic mass is 9.88. The van der Waals surface area contributed by atoms with Gasteiger partial charge in [-0.2, -0.15) is 0 Å². The van der Waals surface area contributed by atoms with Crippen LogP contribution in [0.25, 0.3) is 0 Å². The van der Waals surface area contributed by atoms with Gasteiger partial charge in [-0.15, -0.1) is 0 Å². The first-order valence-electron chi connectivity index (χ1n) is 9.69. The molecule has 5 atom stereocenters. The smallest absolute Gasteiger partial charge is 0.0309 e. The van der Waals surface area contributed by atoms with E-state index in [9.17, 15) is 0 Å². The SMILES string of the molecule is CC(C)C1CNC2(CCCC2)CN1C1C2C3CCC(C3)C21. The van der Waals surface area contributed by atoms with Crippen LogP contribution in [0.2, 0.25) is 0 Å². The van der Waals surface area contributed by atoms with Crippen LogP contribution in [0, 0.1) is 29.6 Å². The molecule has 0 amide bonds. The summed E-state index contributed by atoms with van der Waals surface area (Å²) in [6.45, 7) is 7.51. The topological polar surface area (TPSA) is 15.3 Å². The summed E-state index contributed by atoms with van der Waals surface area (Å²) in [5, 5.41) is 4.00. The molecule has 1 saturated heterocycles. The fourth-order valence-corrected chi connectivity index (χ4v) is 7.01. The van der Waals surface area contributed by atoms with Gasteiger partial charge in [-0.05, 0) is 61.7 Å². The summed E-state index contributed by atoms with van der Waals surface area (Å²) in [5.41, 5.74) is 0.501. The Bertz CT molecular complexity index is 409. The number of fused-ring (bicyclic) bond motifs is 5. The molecular formula is C19H32N2. The largest absolute Gasteiger partial charge is 0.308 e. The van der Waals surface area contributed by atoms with Crippen LogP contribution in [-0.4, -0.2) is 35.6 Å². The van der Waals surface area contributed by atoms with E-state index < -0.39 is 0 Å². The molecule has 1 spiro atoms. The van der Waals surface area contributed by atoms with Crippen LogP contribution in [0.5, 0.6) is 0 Å². The number of piperazine rings is 1. The molecule has 2 heteroatoms. The van der Waals surface area contributed by atoms with E-state index in [-0.39, 0.29) is 0 Å². The Morgan fingerprint density at radius 2 is 1.71 bits per heavy atom. The van der Waals surface area contributed by atoms with E-state index in [4.69, 9.17) is 0 Å². The number of rotatable bonds is 2. The van der Waals surface area contributed by atoms with Crippen LogP contribution in [0.3, 0.4) is 0 Å². The summed E-state index contributed by atoms with van der Waals surface area (Å²) in [6.07, 6.45) is 10.5. The van der Waals surface area contributed by atoms with Crippen molar-refractivity contribution in [2.45, 2.75) is 76.4 Å². The van der Waals surface area contributed by atoms with Gasteiger partial charge < -0.3 is 5.32 Å². The lowest BCUT2D eigenvalue weighted by Crippen LogP contribution is -2.65. The van der Waals surface area contributed by atoms with E-state index in [1.54, 1.807) is 19.3 Å². The summed E-state index contributed by atoms with van der Waals surface area (Å²) in [5.74, 6) is 5.26. The number of nitrogens with one attached hydrogen (secondary N) is 1. The quantitative estimate of drug-likeness (QED) is 0.839. The fraction of sp³-hybridized carbons (Fsp3) is 1.00. The zero-order valence-corrected chi connectivity index (χ0v) is 13.9. The van der Waals surface area contributed by atoms with Gasteiger partial charge in [-0.3, -0.25) is 4.90 Å². The number of nitrogens with zero attached hydrogens (tertiary/aromatic N) is 1. The molecule has 5 fully saturated rings. The second kappa shape index (κ2) is 4.47. The summed E-state index contributed by atoms with van der Waals surface area (Å²) < 4.78 is 0. The molecule has 118 valence electrons. The minimum absolute atomic E-state index is 0.501. The van der Waals surface area contributed by atoms with Crippen LogP contribution in [0.1, 0.15) is 58.8 Å². The molecule has 0 radical (unpaired) electrons. The van der Waals surface area contributed by atoms with Crippen molar-refractivity contribution in [1.82, 2.24) is 10.2 Å². The normalized spacial score (nSPS) is 51.0. The molecule has 1 N–H and O–H groups in total. The van der Waals surface area contributed by atoms with Crippen LogP contribution in [-0.2, 0) is 0 Å². The molecule has 5 rings (SSSR count).